The molecule has 0 aliphatic heterocycles. The lowest BCUT2D eigenvalue weighted by molar-refractivity contribution is -0.114. The fourth-order valence-corrected chi connectivity index (χ4v) is 1.94. The van der Waals surface area contributed by atoms with E-state index in [2.05, 4.69) is 27.7 Å². The zero-order valence-electron chi connectivity index (χ0n) is 7.98. The minimum Gasteiger partial charge on any atom is -0.303 e. The van der Waals surface area contributed by atoms with Crippen LogP contribution < -0.4 is 0 Å². The van der Waals surface area contributed by atoms with Gasteiger partial charge in [-0.25, -0.2) is 0 Å². The molecule has 1 fully saturated rings. The van der Waals surface area contributed by atoms with Crippen molar-refractivity contribution in [3.63, 3.8) is 0 Å². The van der Waals surface area contributed by atoms with Crippen molar-refractivity contribution >= 4 is 6.29 Å². The van der Waals surface area contributed by atoms with E-state index in [9.17, 15) is 4.79 Å². The summed E-state index contributed by atoms with van der Waals surface area (Å²) in [4.78, 5) is 10.7. The Morgan fingerprint density at radius 3 is 2.00 bits per heavy atom. The van der Waals surface area contributed by atoms with Gasteiger partial charge in [-0.15, -0.1) is 0 Å². The van der Waals surface area contributed by atoms with E-state index in [1.165, 1.54) is 6.42 Å². The molecule has 0 amide bonds. The van der Waals surface area contributed by atoms with E-state index in [4.69, 9.17) is 0 Å². The molecule has 1 heteroatoms. The average Bonchev–Trinajstić information content (AvgIpc) is 2.05. The highest BCUT2D eigenvalue weighted by molar-refractivity contribution is 5.56. The van der Waals surface area contributed by atoms with Crippen molar-refractivity contribution < 1.29 is 4.79 Å². The third-order valence-corrected chi connectivity index (χ3v) is 3.92. The minimum atomic E-state index is 0.189. The van der Waals surface area contributed by atoms with Crippen molar-refractivity contribution in [1.82, 2.24) is 0 Å². The molecule has 1 aliphatic carbocycles. The molecule has 1 atom stereocenters. The fraction of sp³-hybridized carbons (Fsp3) is 0.900. The van der Waals surface area contributed by atoms with Crippen LogP contribution in [0.1, 0.15) is 40.5 Å². The summed E-state index contributed by atoms with van der Waals surface area (Å²) in [6, 6.07) is 0. The van der Waals surface area contributed by atoms with Crippen molar-refractivity contribution in [1.29, 1.82) is 0 Å². The second-order valence-electron chi connectivity index (χ2n) is 4.89. The molecule has 11 heavy (non-hydrogen) atoms. The molecule has 0 saturated heterocycles. The van der Waals surface area contributed by atoms with Gasteiger partial charge >= 0.3 is 0 Å². The maximum Gasteiger partial charge on any atom is 0.123 e. The molecule has 0 N–H and O–H groups in total. The Morgan fingerprint density at radius 2 is 1.82 bits per heavy atom. The Hall–Kier alpha value is -0.330. The SMILES string of the molecule is CC1(C)CCC(C=O)C1(C)C. The first-order valence-corrected chi connectivity index (χ1v) is 4.37. The zero-order chi connectivity index (χ0) is 8.70. The standard InChI is InChI=1S/C10H18O/c1-9(2)6-5-8(7-11)10(9,3)4/h7-8H,5-6H2,1-4H3. The Bertz CT molecular complexity index is 168. The molecule has 0 radical (unpaired) electrons. The highest BCUT2D eigenvalue weighted by Crippen LogP contribution is 2.54. The van der Waals surface area contributed by atoms with Gasteiger partial charge in [0, 0.05) is 5.92 Å². The highest BCUT2D eigenvalue weighted by atomic mass is 16.1. The summed E-state index contributed by atoms with van der Waals surface area (Å²) < 4.78 is 0. The fourth-order valence-electron chi connectivity index (χ4n) is 1.94. The van der Waals surface area contributed by atoms with E-state index in [0.29, 0.717) is 5.41 Å². The zero-order valence-corrected chi connectivity index (χ0v) is 7.98. The van der Waals surface area contributed by atoms with Crippen LogP contribution in [-0.4, -0.2) is 6.29 Å². The van der Waals surface area contributed by atoms with E-state index < -0.39 is 0 Å². The van der Waals surface area contributed by atoms with Gasteiger partial charge in [0.25, 0.3) is 0 Å². The molecule has 0 bridgehead atoms. The summed E-state index contributed by atoms with van der Waals surface area (Å²) in [5.74, 6) is 0.275. The summed E-state index contributed by atoms with van der Waals surface area (Å²) in [7, 11) is 0. The number of carbonyl (C=O) groups is 1. The molecule has 64 valence electrons. The summed E-state index contributed by atoms with van der Waals surface area (Å²) in [6.45, 7) is 8.94. The van der Waals surface area contributed by atoms with E-state index in [1.54, 1.807) is 0 Å². The predicted molar refractivity (Wildman–Crippen MR) is 46.4 cm³/mol. The molecular weight excluding hydrogens is 136 g/mol. The smallest absolute Gasteiger partial charge is 0.123 e. The van der Waals surface area contributed by atoms with Crippen molar-refractivity contribution in [3.05, 3.63) is 0 Å². The second-order valence-corrected chi connectivity index (χ2v) is 4.89. The molecular formula is C10H18O. The van der Waals surface area contributed by atoms with Crippen LogP contribution in [0.2, 0.25) is 0 Å². The number of rotatable bonds is 1. The van der Waals surface area contributed by atoms with Crippen LogP contribution in [0.25, 0.3) is 0 Å². The number of aldehydes is 1. The second kappa shape index (κ2) is 2.33. The first-order valence-electron chi connectivity index (χ1n) is 4.37. The van der Waals surface area contributed by atoms with Gasteiger partial charge in [0.15, 0.2) is 0 Å². The van der Waals surface area contributed by atoms with Crippen LogP contribution >= 0.6 is 0 Å². The Morgan fingerprint density at radius 1 is 1.27 bits per heavy atom. The molecule has 0 aromatic rings. The van der Waals surface area contributed by atoms with E-state index in [1.807, 2.05) is 0 Å². The van der Waals surface area contributed by atoms with Gasteiger partial charge < -0.3 is 4.79 Å². The molecule has 1 rings (SSSR count). The molecule has 0 aromatic heterocycles. The van der Waals surface area contributed by atoms with E-state index in [0.717, 1.165) is 12.7 Å². The Kier molecular flexibility index (Phi) is 1.85. The average molecular weight is 154 g/mol. The number of hydrogen-bond donors (Lipinski definition) is 0. The van der Waals surface area contributed by atoms with Crippen LogP contribution in [0, 0.1) is 16.7 Å². The van der Waals surface area contributed by atoms with E-state index in [-0.39, 0.29) is 11.3 Å². The number of carbonyl (C=O) groups excluding carboxylic acids is 1. The summed E-state index contributed by atoms with van der Waals surface area (Å²) in [5, 5.41) is 0. The first kappa shape index (κ1) is 8.76. The normalized spacial score (nSPS) is 33.6. The first-order chi connectivity index (χ1) is 4.92. The van der Waals surface area contributed by atoms with Crippen molar-refractivity contribution in [2.24, 2.45) is 16.7 Å². The van der Waals surface area contributed by atoms with Crippen molar-refractivity contribution in [3.8, 4) is 0 Å². The minimum absolute atomic E-state index is 0.189. The van der Waals surface area contributed by atoms with E-state index >= 15 is 0 Å². The van der Waals surface area contributed by atoms with Gasteiger partial charge in [-0.05, 0) is 23.7 Å². The van der Waals surface area contributed by atoms with Crippen LogP contribution in [-0.2, 0) is 4.79 Å². The molecule has 0 aromatic carbocycles. The van der Waals surface area contributed by atoms with Crippen LogP contribution in [0.15, 0.2) is 0 Å². The lowest BCUT2D eigenvalue weighted by Crippen LogP contribution is -2.32. The molecule has 1 aliphatic rings. The summed E-state index contributed by atoms with van der Waals surface area (Å²) in [6.07, 6.45) is 3.39. The van der Waals surface area contributed by atoms with Gasteiger partial charge in [-0.1, -0.05) is 27.7 Å². The Labute approximate surface area is 69.2 Å². The van der Waals surface area contributed by atoms with Gasteiger partial charge in [0.2, 0.25) is 0 Å². The quantitative estimate of drug-likeness (QED) is 0.531. The molecule has 1 nitrogen and oxygen atoms in total. The number of hydrogen-bond acceptors (Lipinski definition) is 1. The summed E-state index contributed by atoms with van der Waals surface area (Å²) >= 11 is 0. The topological polar surface area (TPSA) is 17.1 Å². The summed E-state index contributed by atoms with van der Waals surface area (Å²) in [5.41, 5.74) is 0.521. The maximum atomic E-state index is 10.7. The largest absolute Gasteiger partial charge is 0.303 e. The van der Waals surface area contributed by atoms with Crippen LogP contribution in [0.3, 0.4) is 0 Å². The van der Waals surface area contributed by atoms with Gasteiger partial charge in [0.1, 0.15) is 6.29 Å². The molecule has 0 spiro atoms. The monoisotopic (exact) mass is 154 g/mol. The van der Waals surface area contributed by atoms with Crippen LogP contribution in [0.4, 0.5) is 0 Å². The third kappa shape index (κ3) is 1.11. The lowest BCUT2D eigenvalue weighted by atomic mass is 9.67. The molecule has 1 unspecified atom stereocenters. The third-order valence-electron chi connectivity index (χ3n) is 3.92. The van der Waals surface area contributed by atoms with Crippen LogP contribution in [0.5, 0.6) is 0 Å². The lowest BCUT2D eigenvalue weighted by Gasteiger charge is -2.37. The van der Waals surface area contributed by atoms with Crippen molar-refractivity contribution in [2.45, 2.75) is 40.5 Å². The maximum absolute atomic E-state index is 10.7. The van der Waals surface area contributed by atoms with Gasteiger partial charge in [-0.2, -0.15) is 0 Å². The Balaban J connectivity index is 2.89. The van der Waals surface area contributed by atoms with Gasteiger partial charge in [-0.3, -0.25) is 0 Å². The predicted octanol–water partition coefficient (Wildman–Crippen LogP) is 2.65. The molecule has 1 saturated carbocycles. The highest BCUT2D eigenvalue weighted by Gasteiger charge is 2.48. The van der Waals surface area contributed by atoms with Gasteiger partial charge in [0.05, 0.1) is 0 Å². The molecule has 0 heterocycles. The van der Waals surface area contributed by atoms with Crippen molar-refractivity contribution in [2.75, 3.05) is 0 Å².